The summed E-state index contributed by atoms with van der Waals surface area (Å²) in [5, 5.41) is 8.32. The van der Waals surface area contributed by atoms with E-state index in [4.69, 9.17) is 18.5 Å². The minimum atomic E-state index is -2.41. The Hall–Kier alpha value is 0.0169. The Kier molecular flexibility index (Phi) is 6.53. The van der Waals surface area contributed by atoms with Crippen LogP contribution in [-0.2, 0) is 13.3 Å². The van der Waals surface area contributed by atoms with Crippen molar-refractivity contribution in [3.05, 3.63) is 0 Å². The number of nitrogens with one attached hydrogen (secondary N) is 1. The third-order valence-electron chi connectivity index (χ3n) is 1.70. The van der Waals surface area contributed by atoms with Crippen molar-refractivity contribution in [1.29, 1.82) is 0 Å². The van der Waals surface area contributed by atoms with Crippen molar-refractivity contribution < 1.29 is 18.5 Å². The van der Waals surface area contributed by atoms with Crippen LogP contribution in [0.15, 0.2) is 0 Å². The lowest BCUT2D eigenvalue weighted by atomic mass is 10.5. The largest absolute Gasteiger partial charge is 0.500 e. The smallest absolute Gasteiger partial charge is 0.377 e. The van der Waals surface area contributed by atoms with Crippen LogP contribution in [0.4, 0.5) is 0 Å². The molecular weight excluding hydrogens is 178 g/mol. The summed E-state index contributed by atoms with van der Waals surface area (Å²) in [6, 6.07) is 0.698. The molecule has 0 saturated heterocycles. The Bertz CT molecular complexity index is 101. The van der Waals surface area contributed by atoms with Crippen molar-refractivity contribution in [2.75, 3.05) is 27.9 Å². The van der Waals surface area contributed by atoms with Gasteiger partial charge in [0.05, 0.1) is 0 Å². The van der Waals surface area contributed by atoms with Crippen molar-refractivity contribution >= 4 is 8.80 Å². The van der Waals surface area contributed by atoms with Gasteiger partial charge in [0.2, 0.25) is 0 Å². The Labute approximate surface area is 74.0 Å². The first-order valence-corrected chi connectivity index (χ1v) is 5.70. The SMILES string of the molecule is CO[Si](CCCNO)(OC)OC. The zero-order chi connectivity index (χ0) is 9.45. The standard InChI is InChI=1S/C6H17NO4Si/c1-9-12(10-2,11-3)6-4-5-7-8/h7-8H,4-6H2,1-3H3. The van der Waals surface area contributed by atoms with Gasteiger partial charge in [-0.25, -0.2) is 5.48 Å². The van der Waals surface area contributed by atoms with E-state index < -0.39 is 8.80 Å². The van der Waals surface area contributed by atoms with Gasteiger partial charge in [0.25, 0.3) is 0 Å². The van der Waals surface area contributed by atoms with Crippen LogP contribution in [-0.4, -0.2) is 41.9 Å². The Morgan fingerprint density at radius 2 is 1.67 bits per heavy atom. The van der Waals surface area contributed by atoms with E-state index >= 15 is 0 Å². The van der Waals surface area contributed by atoms with E-state index in [0.717, 1.165) is 6.42 Å². The highest BCUT2D eigenvalue weighted by Gasteiger charge is 2.36. The molecule has 0 unspecified atom stereocenters. The maximum absolute atomic E-state index is 8.32. The number of rotatable bonds is 7. The van der Waals surface area contributed by atoms with E-state index in [2.05, 4.69) is 5.48 Å². The second-order valence-corrected chi connectivity index (χ2v) is 5.40. The lowest BCUT2D eigenvalue weighted by Crippen LogP contribution is -2.43. The predicted octanol–water partition coefficient (Wildman–Crippen LogP) is 0.233. The summed E-state index contributed by atoms with van der Waals surface area (Å²) < 4.78 is 15.5. The third-order valence-corrected chi connectivity index (χ3v) is 4.54. The molecule has 2 N–H and O–H groups in total. The Morgan fingerprint density at radius 1 is 1.17 bits per heavy atom. The lowest BCUT2D eigenvalue weighted by molar-refractivity contribution is 0.119. The van der Waals surface area contributed by atoms with E-state index in [1.165, 1.54) is 0 Å². The van der Waals surface area contributed by atoms with E-state index in [-0.39, 0.29) is 0 Å². The fourth-order valence-electron chi connectivity index (χ4n) is 0.940. The molecule has 0 aromatic carbocycles. The molecule has 12 heavy (non-hydrogen) atoms. The molecule has 0 aliphatic rings. The van der Waals surface area contributed by atoms with Gasteiger partial charge in [-0.1, -0.05) is 0 Å². The molecule has 0 bridgehead atoms. The molecular formula is C6H17NO4Si. The molecule has 6 heteroatoms. The molecule has 74 valence electrons. The maximum Gasteiger partial charge on any atom is 0.500 e. The molecule has 0 aliphatic carbocycles. The summed E-state index contributed by atoms with van der Waals surface area (Å²) in [4.78, 5) is 0. The van der Waals surface area contributed by atoms with Gasteiger partial charge in [0.15, 0.2) is 0 Å². The molecule has 0 heterocycles. The molecule has 0 aromatic rings. The first-order valence-electron chi connectivity index (χ1n) is 3.77. The Morgan fingerprint density at radius 3 is 2.00 bits per heavy atom. The molecule has 0 spiro atoms. The van der Waals surface area contributed by atoms with Gasteiger partial charge in [0.1, 0.15) is 0 Å². The fourth-order valence-corrected chi connectivity index (χ4v) is 2.66. The maximum atomic E-state index is 8.32. The van der Waals surface area contributed by atoms with Crippen LogP contribution < -0.4 is 5.48 Å². The summed E-state index contributed by atoms with van der Waals surface area (Å²) in [6.07, 6.45) is 0.762. The van der Waals surface area contributed by atoms with Crippen molar-refractivity contribution in [2.24, 2.45) is 0 Å². The Balaban J connectivity index is 3.76. The molecule has 0 saturated carbocycles. The summed E-state index contributed by atoms with van der Waals surface area (Å²) in [7, 11) is 2.32. The van der Waals surface area contributed by atoms with Crippen LogP contribution in [0.5, 0.6) is 0 Å². The van der Waals surface area contributed by atoms with Crippen LogP contribution in [0, 0.1) is 0 Å². The summed E-state index contributed by atoms with van der Waals surface area (Å²) in [5.41, 5.74) is 2.07. The van der Waals surface area contributed by atoms with Crippen molar-refractivity contribution in [1.82, 2.24) is 5.48 Å². The summed E-state index contributed by atoms with van der Waals surface area (Å²) in [5.74, 6) is 0. The second kappa shape index (κ2) is 6.52. The van der Waals surface area contributed by atoms with Crippen molar-refractivity contribution in [3.8, 4) is 0 Å². The average molecular weight is 195 g/mol. The molecule has 0 fully saturated rings. The van der Waals surface area contributed by atoms with Gasteiger partial charge >= 0.3 is 8.80 Å². The van der Waals surface area contributed by atoms with Crippen LogP contribution in [0.2, 0.25) is 6.04 Å². The first kappa shape index (κ1) is 12.0. The van der Waals surface area contributed by atoms with Gasteiger partial charge in [-0.05, 0) is 6.42 Å². The van der Waals surface area contributed by atoms with Crippen LogP contribution in [0.25, 0.3) is 0 Å². The van der Waals surface area contributed by atoms with E-state index in [0.29, 0.717) is 12.6 Å². The number of hydrogen-bond donors (Lipinski definition) is 2. The normalized spacial score (nSPS) is 12.0. The molecule has 0 aliphatic heterocycles. The summed E-state index contributed by atoms with van der Waals surface area (Å²) >= 11 is 0. The van der Waals surface area contributed by atoms with Crippen LogP contribution in [0.1, 0.15) is 6.42 Å². The van der Waals surface area contributed by atoms with Crippen LogP contribution in [0.3, 0.4) is 0 Å². The van der Waals surface area contributed by atoms with Gasteiger partial charge in [-0.3, -0.25) is 0 Å². The number of hydroxylamine groups is 1. The van der Waals surface area contributed by atoms with Crippen molar-refractivity contribution in [2.45, 2.75) is 12.5 Å². The van der Waals surface area contributed by atoms with Gasteiger partial charge in [-0.15, -0.1) is 0 Å². The zero-order valence-electron chi connectivity index (χ0n) is 7.79. The van der Waals surface area contributed by atoms with Crippen molar-refractivity contribution in [3.63, 3.8) is 0 Å². The summed E-state index contributed by atoms with van der Waals surface area (Å²) in [6.45, 7) is 0.519. The van der Waals surface area contributed by atoms with Crippen LogP contribution >= 0.6 is 0 Å². The topological polar surface area (TPSA) is 60.0 Å². The monoisotopic (exact) mass is 195 g/mol. The molecule has 0 radical (unpaired) electrons. The molecule has 0 aromatic heterocycles. The van der Waals surface area contributed by atoms with E-state index in [1.54, 1.807) is 21.3 Å². The third kappa shape index (κ3) is 3.61. The van der Waals surface area contributed by atoms with E-state index in [9.17, 15) is 0 Å². The quantitative estimate of drug-likeness (QED) is 0.346. The highest BCUT2D eigenvalue weighted by molar-refractivity contribution is 6.60. The van der Waals surface area contributed by atoms with E-state index in [1.807, 2.05) is 0 Å². The molecule has 0 amide bonds. The molecule has 5 nitrogen and oxygen atoms in total. The lowest BCUT2D eigenvalue weighted by Gasteiger charge is -2.23. The van der Waals surface area contributed by atoms with Gasteiger partial charge in [-0.2, -0.15) is 0 Å². The highest BCUT2D eigenvalue weighted by Crippen LogP contribution is 2.13. The minimum absolute atomic E-state index is 0.519. The predicted molar refractivity (Wildman–Crippen MR) is 46.0 cm³/mol. The fraction of sp³-hybridized carbons (Fsp3) is 1.00. The second-order valence-electron chi connectivity index (χ2n) is 2.31. The van der Waals surface area contributed by atoms with Gasteiger partial charge < -0.3 is 18.5 Å². The zero-order valence-corrected chi connectivity index (χ0v) is 8.79. The molecule has 0 rings (SSSR count). The van der Waals surface area contributed by atoms with Gasteiger partial charge in [0, 0.05) is 33.9 Å². The minimum Gasteiger partial charge on any atom is -0.377 e. The average Bonchev–Trinajstić information content (AvgIpc) is 2.14. The number of hydrogen-bond acceptors (Lipinski definition) is 5. The first-order chi connectivity index (χ1) is 5.74. The molecule has 0 atom stereocenters. The highest BCUT2D eigenvalue weighted by atomic mass is 28.4.